The second-order valence-corrected chi connectivity index (χ2v) is 7.87. The fraction of sp³-hybridized carbons (Fsp3) is 0.591. The van der Waals surface area contributed by atoms with Gasteiger partial charge in [-0.25, -0.2) is 4.99 Å². The molecule has 1 unspecified atom stereocenters. The first-order valence-corrected chi connectivity index (χ1v) is 10.4. The van der Waals surface area contributed by atoms with Gasteiger partial charge in [0.25, 0.3) is 0 Å². The number of nitrogens with zero attached hydrogens (tertiary/aromatic N) is 4. The number of aromatic nitrogens is 3. The van der Waals surface area contributed by atoms with Gasteiger partial charge in [0, 0.05) is 13.6 Å². The van der Waals surface area contributed by atoms with Crippen molar-refractivity contribution in [3.8, 4) is 0 Å². The van der Waals surface area contributed by atoms with E-state index in [1.807, 2.05) is 18.5 Å². The summed E-state index contributed by atoms with van der Waals surface area (Å²) >= 11 is 0. The molecule has 0 aliphatic rings. The van der Waals surface area contributed by atoms with Crippen LogP contribution in [0.4, 0.5) is 0 Å². The Labute approximate surface area is 169 Å². The number of unbranched alkanes of at least 4 members (excludes halogenated alkanes) is 1. The summed E-state index contributed by atoms with van der Waals surface area (Å²) in [4.78, 5) is 4.73. The maximum atomic E-state index is 4.73. The zero-order chi connectivity index (χ0) is 20.5. The summed E-state index contributed by atoms with van der Waals surface area (Å²) in [5, 5.41) is 15.3. The van der Waals surface area contributed by atoms with Crippen LogP contribution in [0.15, 0.2) is 29.3 Å². The minimum absolute atomic E-state index is 0.169. The summed E-state index contributed by atoms with van der Waals surface area (Å²) in [6, 6.07) is 9.06. The standard InChI is InChI=1S/C22H36N6/c1-7-8-13-23-22(24-15-21-27-26-18(5)28(21)6)25-17(4)20-11-9-19(10-12-20)14-16(2)3/h9-12,16-17H,7-8,13-15H2,1-6H3,(H2,23,24,25). The van der Waals surface area contributed by atoms with Gasteiger partial charge in [0.1, 0.15) is 12.4 Å². The Balaban J connectivity index is 2.05. The molecule has 6 nitrogen and oxygen atoms in total. The minimum atomic E-state index is 0.169. The van der Waals surface area contributed by atoms with E-state index < -0.39 is 0 Å². The monoisotopic (exact) mass is 384 g/mol. The van der Waals surface area contributed by atoms with E-state index in [1.54, 1.807) is 0 Å². The van der Waals surface area contributed by atoms with Gasteiger partial charge >= 0.3 is 0 Å². The Morgan fingerprint density at radius 3 is 2.43 bits per heavy atom. The van der Waals surface area contributed by atoms with E-state index in [2.05, 4.69) is 72.8 Å². The normalized spacial score (nSPS) is 13.0. The molecule has 2 aromatic rings. The van der Waals surface area contributed by atoms with Crippen molar-refractivity contribution in [1.82, 2.24) is 25.4 Å². The molecule has 1 aromatic carbocycles. The number of aryl methyl sites for hydroxylation is 1. The number of guanidine groups is 1. The zero-order valence-corrected chi connectivity index (χ0v) is 18.3. The van der Waals surface area contributed by atoms with Crippen molar-refractivity contribution >= 4 is 5.96 Å². The Kier molecular flexibility index (Phi) is 8.48. The van der Waals surface area contributed by atoms with Crippen molar-refractivity contribution in [3.63, 3.8) is 0 Å². The summed E-state index contributed by atoms with van der Waals surface area (Å²) in [5.41, 5.74) is 2.64. The van der Waals surface area contributed by atoms with Crippen LogP contribution in [0, 0.1) is 12.8 Å². The Hall–Kier alpha value is -2.37. The molecule has 0 saturated carbocycles. The average molecular weight is 385 g/mol. The highest BCUT2D eigenvalue weighted by Gasteiger charge is 2.10. The lowest BCUT2D eigenvalue weighted by Gasteiger charge is -2.19. The number of nitrogens with one attached hydrogen (secondary N) is 2. The summed E-state index contributed by atoms with van der Waals surface area (Å²) in [6.07, 6.45) is 3.38. The maximum absolute atomic E-state index is 4.73. The van der Waals surface area contributed by atoms with E-state index >= 15 is 0 Å². The number of hydrogen-bond donors (Lipinski definition) is 2. The molecule has 0 spiro atoms. The highest BCUT2D eigenvalue weighted by Crippen LogP contribution is 2.15. The maximum Gasteiger partial charge on any atom is 0.192 e. The van der Waals surface area contributed by atoms with E-state index in [-0.39, 0.29) is 6.04 Å². The van der Waals surface area contributed by atoms with Crippen LogP contribution >= 0.6 is 0 Å². The van der Waals surface area contributed by atoms with Crippen LogP contribution in [-0.4, -0.2) is 27.3 Å². The van der Waals surface area contributed by atoms with Crippen molar-refractivity contribution in [2.24, 2.45) is 18.0 Å². The molecule has 0 saturated heterocycles. The van der Waals surface area contributed by atoms with Crippen molar-refractivity contribution < 1.29 is 0 Å². The van der Waals surface area contributed by atoms with Gasteiger partial charge in [-0.05, 0) is 43.7 Å². The topological polar surface area (TPSA) is 67.1 Å². The summed E-state index contributed by atoms with van der Waals surface area (Å²) < 4.78 is 1.98. The quantitative estimate of drug-likeness (QED) is 0.391. The van der Waals surface area contributed by atoms with Gasteiger partial charge in [0.15, 0.2) is 11.8 Å². The molecule has 2 N–H and O–H groups in total. The second kappa shape index (κ2) is 10.8. The Morgan fingerprint density at radius 1 is 1.14 bits per heavy atom. The lowest BCUT2D eigenvalue weighted by Crippen LogP contribution is -2.39. The van der Waals surface area contributed by atoms with E-state index in [0.717, 1.165) is 43.4 Å². The van der Waals surface area contributed by atoms with Crippen LogP contribution in [0.2, 0.25) is 0 Å². The van der Waals surface area contributed by atoms with Crippen molar-refractivity contribution in [2.45, 2.75) is 66.5 Å². The number of benzene rings is 1. The number of hydrogen-bond acceptors (Lipinski definition) is 3. The van der Waals surface area contributed by atoms with Crippen molar-refractivity contribution in [2.75, 3.05) is 6.54 Å². The SMILES string of the molecule is CCCCNC(=NCc1nnc(C)n1C)NC(C)c1ccc(CC(C)C)cc1. The second-order valence-electron chi connectivity index (χ2n) is 7.87. The molecule has 154 valence electrons. The van der Waals surface area contributed by atoms with E-state index in [4.69, 9.17) is 4.99 Å². The smallest absolute Gasteiger partial charge is 0.192 e. The first-order chi connectivity index (χ1) is 13.4. The lowest BCUT2D eigenvalue weighted by atomic mass is 10.00. The molecule has 0 bridgehead atoms. The van der Waals surface area contributed by atoms with Crippen molar-refractivity contribution in [3.05, 3.63) is 47.0 Å². The van der Waals surface area contributed by atoms with E-state index in [1.165, 1.54) is 11.1 Å². The first-order valence-electron chi connectivity index (χ1n) is 10.4. The molecule has 0 aliphatic heterocycles. The van der Waals surface area contributed by atoms with Crippen molar-refractivity contribution in [1.29, 1.82) is 0 Å². The number of aliphatic imine (C=N–C) groups is 1. The van der Waals surface area contributed by atoms with Gasteiger partial charge in [-0.3, -0.25) is 0 Å². The molecule has 0 amide bonds. The predicted molar refractivity (Wildman–Crippen MR) is 116 cm³/mol. The molecule has 1 aromatic heterocycles. The fourth-order valence-electron chi connectivity index (χ4n) is 2.98. The molecule has 0 radical (unpaired) electrons. The number of rotatable bonds is 9. The average Bonchev–Trinajstić information content (AvgIpc) is 2.98. The summed E-state index contributed by atoms with van der Waals surface area (Å²) in [6.45, 7) is 12.2. The van der Waals surface area contributed by atoms with Gasteiger partial charge in [-0.1, -0.05) is 51.5 Å². The largest absolute Gasteiger partial charge is 0.356 e. The third-order valence-electron chi connectivity index (χ3n) is 4.86. The van der Waals surface area contributed by atoms with Gasteiger partial charge in [0.05, 0.1) is 6.04 Å². The summed E-state index contributed by atoms with van der Waals surface area (Å²) in [7, 11) is 1.97. The highest BCUT2D eigenvalue weighted by atomic mass is 15.3. The van der Waals surface area contributed by atoms with Gasteiger partial charge < -0.3 is 15.2 Å². The molecule has 0 aliphatic carbocycles. The molecular formula is C22H36N6. The molecule has 1 heterocycles. The van der Waals surface area contributed by atoms with E-state index in [0.29, 0.717) is 12.5 Å². The minimum Gasteiger partial charge on any atom is -0.356 e. The van der Waals surface area contributed by atoms with Crippen LogP contribution in [0.5, 0.6) is 0 Å². The highest BCUT2D eigenvalue weighted by molar-refractivity contribution is 5.80. The zero-order valence-electron chi connectivity index (χ0n) is 18.3. The predicted octanol–water partition coefficient (Wildman–Crippen LogP) is 3.92. The Bertz CT molecular complexity index is 745. The summed E-state index contributed by atoms with van der Waals surface area (Å²) in [5.74, 6) is 3.24. The van der Waals surface area contributed by atoms with Crippen LogP contribution < -0.4 is 10.6 Å². The third-order valence-corrected chi connectivity index (χ3v) is 4.86. The van der Waals surface area contributed by atoms with Crippen LogP contribution in [-0.2, 0) is 20.0 Å². The first kappa shape index (κ1) is 21.9. The van der Waals surface area contributed by atoms with Crippen LogP contribution in [0.25, 0.3) is 0 Å². The lowest BCUT2D eigenvalue weighted by molar-refractivity contribution is 0.644. The molecule has 6 heteroatoms. The van der Waals surface area contributed by atoms with Crippen LogP contribution in [0.3, 0.4) is 0 Å². The van der Waals surface area contributed by atoms with Crippen LogP contribution in [0.1, 0.15) is 69.4 Å². The fourth-order valence-corrected chi connectivity index (χ4v) is 2.98. The Morgan fingerprint density at radius 2 is 1.86 bits per heavy atom. The molecule has 0 fully saturated rings. The molecular weight excluding hydrogens is 348 g/mol. The van der Waals surface area contributed by atoms with Gasteiger partial charge in [-0.2, -0.15) is 0 Å². The third kappa shape index (κ3) is 6.66. The van der Waals surface area contributed by atoms with Gasteiger partial charge in [0.2, 0.25) is 0 Å². The molecule has 1 atom stereocenters. The molecule has 2 rings (SSSR count). The van der Waals surface area contributed by atoms with Gasteiger partial charge in [-0.15, -0.1) is 10.2 Å². The van der Waals surface area contributed by atoms with E-state index in [9.17, 15) is 0 Å². The molecule has 28 heavy (non-hydrogen) atoms.